The van der Waals surface area contributed by atoms with Crippen LogP contribution in [0.2, 0.25) is 0 Å². The molecule has 0 bridgehead atoms. The van der Waals surface area contributed by atoms with Crippen LogP contribution >= 0.6 is 12.2 Å². The van der Waals surface area contributed by atoms with E-state index in [1.54, 1.807) is 12.3 Å². The first-order valence-electron chi connectivity index (χ1n) is 2.44. The maximum atomic E-state index is 5.42. The summed E-state index contributed by atoms with van der Waals surface area (Å²) in [6, 6.07) is 1.70. The van der Waals surface area contributed by atoms with Crippen molar-refractivity contribution in [3.05, 3.63) is 16.8 Å². The molecule has 48 valence electrons. The van der Waals surface area contributed by atoms with Gasteiger partial charge in [-0.3, -0.25) is 0 Å². The quantitative estimate of drug-likeness (QED) is 0.470. The van der Waals surface area contributed by atoms with Crippen LogP contribution < -0.4 is 11.5 Å². The minimum atomic E-state index is 0.433. The highest BCUT2D eigenvalue weighted by molar-refractivity contribution is 7.71. The number of H-pyrrole nitrogens is 1. The van der Waals surface area contributed by atoms with Gasteiger partial charge in [0.1, 0.15) is 5.82 Å². The van der Waals surface area contributed by atoms with E-state index >= 15 is 0 Å². The highest BCUT2D eigenvalue weighted by Crippen LogP contribution is 2.10. The van der Waals surface area contributed by atoms with Crippen LogP contribution in [0.1, 0.15) is 0 Å². The highest BCUT2D eigenvalue weighted by atomic mass is 32.1. The van der Waals surface area contributed by atoms with Crippen LogP contribution in [0, 0.1) is 4.51 Å². The van der Waals surface area contributed by atoms with Gasteiger partial charge in [0, 0.05) is 6.20 Å². The topological polar surface area (TPSA) is 67.8 Å². The number of nitrogens with one attached hydrogen (secondary N) is 1. The van der Waals surface area contributed by atoms with Crippen LogP contribution in [0.25, 0.3) is 0 Å². The van der Waals surface area contributed by atoms with Gasteiger partial charge in [-0.1, -0.05) is 12.2 Å². The minimum absolute atomic E-state index is 0.433. The molecule has 0 aromatic carbocycles. The van der Waals surface area contributed by atoms with Gasteiger partial charge >= 0.3 is 0 Å². The lowest BCUT2D eigenvalue weighted by atomic mass is 10.4. The Morgan fingerprint density at radius 1 is 1.44 bits per heavy atom. The molecule has 4 heteroatoms. The van der Waals surface area contributed by atoms with E-state index in [4.69, 9.17) is 23.7 Å². The molecule has 0 radical (unpaired) electrons. The van der Waals surface area contributed by atoms with Gasteiger partial charge in [0.25, 0.3) is 0 Å². The molecule has 0 aliphatic carbocycles. The summed E-state index contributed by atoms with van der Waals surface area (Å²) in [6.07, 6.45) is 1.66. The summed E-state index contributed by atoms with van der Waals surface area (Å²) >= 11 is 4.82. The maximum absolute atomic E-state index is 5.42. The Morgan fingerprint density at radius 2 is 2.11 bits per heavy atom. The third kappa shape index (κ3) is 1.02. The van der Waals surface area contributed by atoms with Crippen molar-refractivity contribution in [1.29, 1.82) is 0 Å². The molecule has 0 aliphatic heterocycles. The first-order chi connectivity index (χ1) is 4.22. The zero-order valence-corrected chi connectivity index (χ0v) is 5.53. The lowest BCUT2D eigenvalue weighted by Crippen LogP contribution is -1.96. The normalized spacial score (nSPS) is 9.33. The zero-order chi connectivity index (χ0) is 6.85. The summed E-state index contributed by atoms with van der Waals surface area (Å²) in [4.78, 5) is 2.73. The van der Waals surface area contributed by atoms with Gasteiger partial charge in [-0.25, -0.2) is 0 Å². The Kier molecular flexibility index (Phi) is 1.40. The summed E-state index contributed by atoms with van der Waals surface area (Å²) in [6.45, 7) is 0. The molecule has 0 spiro atoms. The number of anilines is 2. The lowest BCUT2D eigenvalue weighted by Gasteiger charge is -1.96. The van der Waals surface area contributed by atoms with Crippen molar-refractivity contribution < 1.29 is 0 Å². The summed E-state index contributed by atoms with van der Waals surface area (Å²) < 4.78 is 0.589. The second-order valence-corrected chi connectivity index (χ2v) is 2.11. The molecule has 0 aliphatic rings. The molecule has 0 amide bonds. The van der Waals surface area contributed by atoms with Crippen molar-refractivity contribution in [1.82, 2.24) is 4.98 Å². The largest absolute Gasteiger partial charge is 0.395 e. The SMILES string of the molecule is Nc1[nH]ccc(=S)c1N. The van der Waals surface area contributed by atoms with Crippen molar-refractivity contribution >= 4 is 23.7 Å². The predicted octanol–water partition coefficient (Wildman–Crippen LogP) is 0.909. The number of pyridine rings is 1. The van der Waals surface area contributed by atoms with E-state index in [0.29, 0.717) is 16.0 Å². The van der Waals surface area contributed by atoms with Crippen LogP contribution in [0.15, 0.2) is 12.3 Å². The molecule has 0 saturated heterocycles. The number of hydrogen-bond acceptors (Lipinski definition) is 3. The molecular weight excluding hydrogens is 134 g/mol. The van der Waals surface area contributed by atoms with E-state index in [1.165, 1.54) is 0 Å². The zero-order valence-electron chi connectivity index (χ0n) is 4.72. The second-order valence-electron chi connectivity index (χ2n) is 1.67. The Hall–Kier alpha value is -1.03. The number of aromatic nitrogens is 1. The van der Waals surface area contributed by atoms with Crippen LogP contribution in [0.4, 0.5) is 11.5 Å². The van der Waals surface area contributed by atoms with Crippen molar-refractivity contribution in [3.8, 4) is 0 Å². The monoisotopic (exact) mass is 141 g/mol. The molecule has 0 atom stereocenters. The molecule has 0 unspecified atom stereocenters. The predicted molar refractivity (Wildman–Crippen MR) is 40.5 cm³/mol. The lowest BCUT2D eigenvalue weighted by molar-refractivity contribution is 1.33. The van der Waals surface area contributed by atoms with Gasteiger partial charge in [0.2, 0.25) is 0 Å². The summed E-state index contributed by atoms with van der Waals surface area (Å²) in [5.41, 5.74) is 11.2. The summed E-state index contributed by atoms with van der Waals surface area (Å²) in [7, 11) is 0. The van der Waals surface area contributed by atoms with E-state index in [9.17, 15) is 0 Å². The minimum Gasteiger partial charge on any atom is -0.395 e. The average molecular weight is 141 g/mol. The highest BCUT2D eigenvalue weighted by Gasteiger charge is 1.91. The van der Waals surface area contributed by atoms with Crippen LogP contribution in [0.3, 0.4) is 0 Å². The molecule has 5 N–H and O–H groups in total. The molecule has 0 fully saturated rings. The molecular formula is C5H7N3S. The number of rotatable bonds is 0. The summed E-state index contributed by atoms with van der Waals surface area (Å²) in [5, 5.41) is 0. The van der Waals surface area contributed by atoms with Crippen molar-refractivity contribution in [2.45, 2.75) is 0 Å². The van der Waals surface area contributed by atoms with Crippen molar-refractivity contribution in [3.63, 3.8) is 0 Å². The van der Waals surface area contributed by atoms with E-state index in [2.05, 4.69) is 4.98 Å². The molecule has 1 rings (SSSR count). The fraction of sp³-hybridized carbons (Fsp3) is 0. The van der Waals surface area contributed by atoms with Crippen LogP contribution in [-0.2, 0) is 0 Å². The molecule has 0 saturated carbocycles. The van der Waals surface area contributed by atoms with E-state index in [0.717, 1.165) is 0 Å². The van der Waals surface area contributed by atoms with Crippen LogP contribution in [0.5, 0.6) is 0 Å². The average Bonchev–Trinajstić information content (AvgIpc) is 1.83. The van der Waals surface area contributed by atoms with Crippen molar-refractivity contribution in [2.75, 3.05) is 11.5 Å². The summed E-state index contributed by atoms with van der Waals surface area (Å²) in [5.74, 6) is 0.433. The fourth-order valence-electron chi connectivity index (χ4n) is 0.507. The third-order valence-corrected chi connectivity index (χ3v) is 1.39. The van der Waals surface area contributed by atoms with E-state index in [1.807, 2.05) is 0 Å². The first kappa shape index (κ1) is 6.10. The molecule has 9 heavy (non-hydrogen) atoms. The Morgan fingerprint density at radius 3 is 2.56 bits per heavy atom. The Labute approximate surface area is 57.7 Å². The number of hydrogen-bond donors (Lipinski definition) is 3. The van der Waals surface area contributed by atoms with E-state index < -0.39 is 0 Å². The van der Waals surface area contributed by atoms with Gasteiger partial charge < -0.3 is 16.5 Å². The second kappa shape index (κ2) is 2.06. The van der Waals surface area contributed by atoms with Gasteiger partial charge in [0.15, 0.2) is 0 Å². The molecule has 1 aromatic heterocycles. The maximum Gasteiger partial charge on any atom is 0.125 e. The Bertz CT molecular complexity index is 265. The molecule has 1 aromatic rings. The van der Waals surface area contributed by atoms with Gasteiger partial charge in [-0.05, 0) is 6.07 Å². The van der Waals surface area contributed by atoms with Crippen LogP contribution in [-0.4, -0.2) is 4.98 Å². The van der Waals surface area contributed by atoms with Gasteiger partial charge in [-0.2, -0.15) is 0 Å². The van der Waals surface area contributed by atoms with Crippen molar-refractivity contribution in [2.24, 2.45) is 0 Å². The van der Waals surface area contributed by atoms with Gasteiger partial charge in [-0.15, -0.1) is 0 Å². The molecule has 1 heterocycles. The fourth-order valence-corrected chi connectivity index (χ4v) is 0.685. The number of nitrogen functional groups attached to an aromatic ring is 2. The first-order valence-corrected chi connectivity index (χ1v) is 2.85. The number of nitrogens with two attached hydrogens (primary N) is 2. The molecule has 3 nitrogen and oxygen atoms in total. The van der Waals surface area contributed by atoms with E-state index in [-0.39, 0.29) is 0 Å². The third-order valence-electron chi connectivity index (χ3n) is 1.03. The smallest absolute Gasteiger partial charge is 0.125 e. The van der Waals surface area contributed by atoms with Gasteiger partial charge in [0.05, 0.1) is 10.2 Å². The Balaban J connectivity index is 3.43. The standard InChI is InChI=1S/C5H7N3S/c6-4-3(9)1-2-8-5(4)7/h1-2H,6H2,(H3,7,8,9). The number of aromatic amines is 1.